The molecule has 3 N–H and O–H groups in total. The number of amides is 2. The second kappa shape index (κ2) is 8.33. The number of nitrogens with one attached hydrogen (secondary N) is 2. The van der Waals surface area contributed by atoms with Gasteiger partial charge in [0.05, 0.1) is 5.60 Å². The first-order chi connectivity index (χ1) is 11.4. The molecule has 1 atom stereocenters. The number of rotatable bonds is 6. The molecule has 1 saturated carbocycles. The van der Waals surface area contributed by atoms with Crippen molar-refractivity contribution in [1.82, 2.24) is 15.6 Å². The van der Waals surface area contributed by atoms with Gasteiger partial charge in [0.2, 0.25) is 0 Å². The lowest BCUT2D eigenvalue weighted by molar-refractivity contribution is -0.0130. The third-order valence-corrected chi connectivity index (χ3v) is 4.82. The Morgan fingerprint density at radius 1 is 1.33 bits per heavy atom. The highest BCUT2D eigenvalue weighted by Gasteiger charge is 2.32. The zero-order valence-electron chi connectivity index (χ0n) is 15.0. The maximum Gasteiger partial charge on any atom is 0.315 e. The van der Waals surface area contributed by atoms with Gasteiger partial charge in [-0.05, 0) is 31.7 Å². The van der Waals surface area contributed by atoms with Crippen molar-refractivity contribution in [3.8, 4) is 0 Å². The average Bonchev–Trinajstić information content (AvgIpc) is 2.59. The van der Waals surface area contributed by atoms with E-state index in [9.17, 15) is 9.90 Å². The molecule has 1 fully saturated rings. The summed E-state index contributed by atoms with van der Waals surface area (Å²) in [4.78, 5) is 18.3. The predicted molar refractivity (Wildman–Crippen MR) is 96.0 cm³/mol. The van der Waals surface area contributed by atoms with Gasteiger partial charge in [-0.2, -0.15) is 0 Å². The number of anilines is 1. The lowest BCUT2D eigenvalue weighted by atomic mass is 9.78. The zero-order chi connectivity index (χ0) is 17.6. The second-order valence-corrected chi connectivity index (χ2v) is 7.11. The van der Waals surface area contributed by atoms with Gasteiger partial charge in [0.1, 0.15) is 5.82 Å². The molecule has 2 amide bonds. The molecule has 0 aromatic carbocycles. The molecule has 1 aliphatic rings. The lowest BCUT2D eigenvalue weighted by Gasteiger charge is -2.35. The van der Waals surface area contributed by atoms with Gasteiger partial charge < -0.3 is 20.6 Å². The molecule has 0 saturated heterocycles. The highest BCUT2D eigenvalue weighted by atomic mass is 16.3. The topological polar surface area (TPSA) is 77.5 Å². The first-order valence-corrected chi connectivity index (χ1v) is 8.75. The molecule has 2 rings (SSSR count). The quantitative estimate of drug-likeness (QED) is 0.746. The number of hydrogen-bond donors (Lipinski definition) is 3. The Bertz CT molecular complexity index is 540. The number of hydrogen-bond acceptors (Lipinski definition) is 4. The van der Waals surface area contributed by atoms with E-state index in [0.29, 0.717) is 6.54 Å². The standard InChI is InChI=1S/C18H30N4O2/c1-18(24,15-9-5-4-6-10-15)13-21-17(23)20-12-14-8-7-11-19-16(14)22(2)3/h7-8,11,15,24H,4-6,9-10,12-13H2,1-3H3,(H2,20,21,23)/t18-/m0/s1. The van der Waals surface area contributed by atoms with Gasteiger partial charge in [-0.3, -0.25) is 0 Å². The summed E-state index contributed by atoms with van der Waals surface area (Å²) in [5, 5.41) is 16.3. The molecule has 1 heterocycles. The maximum absolute atomic E-state index is 12.1. The molecule has 1 aromatic rings. The van der Waals surface area contributed by atoms with E-state index >= 15 is 0 Å². The van der Waals surface area contributed by atoms with Gasteiger partial charge in [-0.15, -0.1) is 0 Å². The summed E-state index contributed by atoms with van der Waals surface area (Å²) in [6.45, 7) is 2.50. The summed E-state index contributed by atoms with van der Waals surface area (Å²) in [7, 11) is 3.85. The van der Waals surface area contributed by atoms with Crippen LogP contribution in [0.4, 0.5) is 10.6 Å². The summed E-state index contributed by atoms with van der Waals surface area (Å²) < 4.78 is 0. The fourth-order valence-electron chi connectivity index (χ4n) is 3.34. The van der Waals surface area contributed by atoms with Crippen LogP contribution in [-0.2, 0) is 6.54 Å². The number of carbonyl (C=O) groups is 1. The van der Waals surface area contributed by atoms with E-state index in [-0.39, 0.29) is 18.5 Å². The lowest BCUT2D eigenvalue weighted by Crippen LogP contribution is -2.49. The van der Waals surface area contributed by atoms with Crippen molar-refractivity contribution < 1.29 is 9.90 Å². The molecule has 0 radical (unpaired) electrons. The molecule has 24 heavy (non-hydrogen) atoms. The van der Waals surface area contributed by atoms with Crippen molar-refractivity contribution in [2.75, 3.05) is 25.5 Å². The van der Waals surface area contributed by atoms with Crippen molar-refractivity contribution in [3.05, 3.63) is 23.9 Å². The Morgan fingerprint density at radius 2 is 2.04 bits per heavy atom. The van der Waals surface area contributed by atoms with Gasteiger partial charge in [0, 0.05) is 38.9 Å². The van der Waals surface area contributed by atoms with Crippen LogP contribution in [0.25, 0.3) is 0 Å². The van der Waals surface area contributed by atoms with Crippen LogP contribution in [0.15, 0.2) is 18.3 Å². The van der Waals surface area contributed by atoms with E-state index in [4.69, 9.17) is 0 Å². The Balaban J connectivity index is 1.81. The van der Waals surface area contributed by atoms with Gasteiger partial charge in [-0.1, -0.05) is 25.3 Å². The molecule has 6 heteroatoms. The van der Waals surface area contributed by atoms with E-state index in [2.05, 4.69) is 15.6 Å². The van der Waals surface area contributed by atoms with E-state index in [1.807, 2.05) is 38.1 Å². The van der Waals surface area contributed by atoms with Crippen molar-refractivity contribution in [1.29, 1.82) is 0 Å². The molecular weight excluding hydrogens is 304 g/mol. The average molecular weight is 334 g/mol. The van der Waals surface area contributed by atoms with E-state index in [1.54, 1.807) is 6.20 Å². The van der Waals surface area contributed by atoms with Crippen molar-refractivity contribution in [2.45, 2.75) is 51.2 Å². The smallest absolute Gasteiger partial charge is 0.315 e. The predicted octanol–water partition coefficient (Wildman–Crippen LogP) is 2.28. The molecule has 0 bridgehead atoms. The van der Waals surface area contributed by atoms with Crippen LogP contribution in [0.5, 0.6) is 0 Å². The summed E-state index contributed by atoms with van der Waals surface area (Å²) >= 11 is 0. The van der Waals surface area contributed by atoms with Crippen molar-refractivity contribution in [3.63, 3.8) is 0 Å². The molecule has 0 aliphatic heterocycles. The van der Waals surface area contributed by atoms with E-state index < -0.39 is 5.60 Å². The first-order valence-electron chi connectivity index (χ1n) is 8.75. The maximum atomic E-state index is 12.1. The fourth-order valence-corrected chi connectivity index (χ4v) is 3.34. The van der Waals surface area contributed by atoms with Crippen LogP contribution in [0, 0.1) is 5.92 Å². The minimum Gasteiger partial charge on any atom is -0.388 e. The Morgan fingerprint density at radius 3 is 2.71 bits per heavy atom. The Kier molecular flexibility index (Phi) is 6.43. The zero-order valence-corrected chi connectivity index (χ0v) is 15.0. The first kappa shape index (κ1) is 18.5. The number of urea groups is 1. The summed E-state index contributed by atoms with van der Waals surface area (Å²) in [6, 6.07) is 3.54. The molecule has 1 aliphatic carbocycles. The van der Waals surface area contributed by atoms with E-state index in [1.165, 1.54) is 19.3 Å². The monoisotopic (exact) mass is 334 g/mol. The molecule has 0 unspecified atom stereocenters. The van der Waals surface area contributed by atoms with Crippen LogP contribution in [0.2, 0.25) is 0 Å². The van der Waals surface area contributed by atoms with Crippen LogP contribution in [-0.4, -0.2) is 42.4 Å². The summed E-state index contributed by atoms with van der Waals surface area (Å²) in [5.41, 5.74) is 0.109. The number of aliphatic hydroxyl groups is 1. The van der Waals surface area contributed by atoms with Gasteiger partial charge >= 0.3 is 6.03 Å². The number of aromatic nitrogens is 1. The summed E-state index contributed by atoms with van der Waals surface area (Å²) in [5.74, 6) is 1.11. The molecule has 0 spiro atoms. The van der Waals surface area contributed by atoms with Gasteiger partial charge in [0.25, 0.3) is 0 Å². The van der Waals surface area contributed by atoms with Crippen LogP contribution < -0.4 is 15.5 Å². The second-order valence-electron chi connectivity index (χ2n) is 7.11. The Hall–Kier alpha value is -1.82. The summed E-state index contributed by atoms with van der Waals surface area (Å²) in [6.07, 6.45) is 7.40. The van der Waals surface area contributed by atoms with Gasteiger partial charge in [0.15, 0.2) is 0 Å². The normalized spacial score (nSPS) is 17.8. The van der Waals surface area contributed by atoms with Gasteiger partial charge in [-0.25, -0.2) is 9.78 Å². The minimum atomic E-state index is -0.846. The third kappa shape index (κ3) is 5.09. The number of carbonyl (C=O) groups excluding carboxylic acids is 1. The largest absolute Gasteiger partial charge is 0.388 e. The minimum absolute atomic E-state index is 0.264. The molecule has 1 aromatic heterocycles. The highest BCUT2D eigenvalue weighted by molar-refractivity contribution is 5.74. The van der Waals surface area contributed by atoms with Crippen LogP contribution in [0.1, 0.15) is 44.6 Å². The third-order valence-electron chi connectivity index (χ3n) is 4.82. The van der Waals surface area contributed by atoms with Crippen molar-refractivity contribution in [2.24, 2.45) is 5.92 Å². The van der Waals surface area contributed by atoms with Crippen LogP contribution in [0.3, 0.4) is 0 Å². The van der Waals surface area contributed by atoms with Crippen molar-refractivity contribution >= 4 is 11.8 Å². The SMILES string of the molecule is CN(C)c1ncccc1CNC(=O)NC[C@](C)(O)C1CCCCC1. The number of pyridine rings is 1. The molecular formula is C18H30N4O2. The fraction of sp³-hybridized carbons (Fsp3) is 0.667. The number of nitrogens with zero attached hydrogens (tertiary/aromatic N) is 2. The highest BCUT2D eigenvalue weighted by Crippen LogP contribution is 2.32. The molecule has 134 valence electrons. The Labute approximate surface area is 144 Å². The molecule has 6 nitrogen and oxygen atoms in total. The van der Waals surface area contributed by atoms with Crippen LogP contribution >= 0.6 is 0 Å². The van der Waals surface area contributed by atoms with E-state index in [0.717, 1.165) is 24.2 Å².